The van der Waals surface area contributed by atoms with Crippen molar-refractivity contribution in [3.63, 3.8) is 0 Å². The summed E-state index contributed by atoms with van der Waals surface area (Å²) in [6.45, 7) is 6.11. The first-order valence-corrected chi connectivity index (χ1v) is 10.5. The van der Waals surface area contributed by atoms with E-state index in [9.17, 15) is 14.4 Å². The van der Waals surface area contributed by atoms with Crippen LogP contribution in [0.25, 0.3) is 0 Å². The first-order valence-electron chi connectivity index (χ1n) is 10.5. The van der Waals surface area contributed by atoms with Crippen molar-refractivity contribution in [2.75, 3.05) is 11.9 Å². The highest BCUT2D eigenvalue weighted by Gasteiger charge is 2.14. The molecule has 3 aromatic rings. The van der Waals surface area contributed by atoms with Crippen LogP contribution < -0.4 is 20.9 Å². The summed E-state index contributed by atoms with van der Waals surface area (Å²) in [4.78, 5) is 36.6. The fourth-order valence-corrected chi connectivity index (χ4v) is 2.93. The molecule has 0 aliphatic carbocycles. The fourth-order valence-electron chi connectivity index (χ4n) is 2.93. The van der Waals surface area contributed by atoms with Crippen molar-refractivity contribution in [2.45, 2.75) is 26.2 Å². The number of para-hydroxylation sites is 1. The number of carbonyl (C=O) groups is 3. The van der Waals surface area contributed by atoms with Gasteiger partial charge in [-0.05, 0) is 59.5 Å². The lowest BCUT2D eigenvalue weighted by molar-refractivity contribution is -0.123. The third-order valence-electron chi connectivity index (χ3n) is 4.85. The molecule has 3 amide bonds. The summed E-state index contributed by atoms with van der Waals surface area (Å²) in [5, 5.41) is 2.81. The van der Waals surface area contributed by atoms with Crippen molar-refractivity contribution in [2.24, 2.45) is 0 Å². The van der Waals surface area contributed by atoms with Crippen LogP contribution in [0.15, 0.2) is 78.9 Å². The molecule has 33 heavy (non-hydrogen) atoms. The zero-order valence-electron chi connectivity index (χ0n) is 18.8. The summed E-state index contributed by atoms with van der Waals surface area (Å²) < 4.78 is 5.31. The SMILES string of the molecule is CC(C)(C)c1ccc(C(=O)Nc2ccc(C(=O)NNC(=O)COc3ccccc3)cc2)cc1. The van der Waals surface area contributed by atoms with Gasteiger partial charge < -0.3 is 10.1 Å². The van der Waals surface area contributed by atoms with Gasteiger partial charge >= 0.3 is 0 Å². The first kappa shape index (κ1) is 23.5. The first-order chi connectivity index (χ1) is 15.7. The van der Waals surface area contributed by atoms with Crippen LogP contribution in [0.2, 0.25) is 0 Å². The lowest BCUT2D eigenvalue weighted by atomic mass is 9.87. The Kier molecular flexibility index (Phi) is 7.46. The number of hydrogen-bond acceptors (Lipinski definition) is 4. The minimum Gasteiger partial charge on any atom is -0.484 e. The van der Waals surface area contributed by atoms with Gasteiger partial charge in [0, 0.05) is 16.8 Å². The quantitative estimate of drug-likeness (QED) is 0.498. The lowest BCUT2D eigenvalue weighted by Gasteiger charge is -2.19. The second-order valence-corrected chi connectivity index (χ2v) is 8.46. The average molecular weight is 446 g/mol. The second-order valence-electron chi connectivity index (χ2n) is 8.46. The highest BCUT2D eigenvalue weighted by molar-refractivity contribution is 6.04. The number of carbonyl (C=O) groups excluding carboxylic acids is 3. The molecule has 0 radical (unpaired) electrons. The minimum absolute atomic E-state index is 0.0137. The Labute approximate surface area is 193 Å². The highest BCUT2D eigenvalue weighted by atomic mass is 16.5. The zero-order valence-corrected chi connectivity index (χ0v) is 18.8. The number of amides is 3. The predicted molar refractivity (Wildman–Crippen MR) is 127 cm³/mol. The van der Waals surface area contributed by atoms with Gasteiger partial charge in [-0.2, -0.15) is 0 Å². The van der Waals surface area contributed by atoms with E-state index in [0.29, 0.717) is 22.6 Å². The lowest BCUT2D eigenvalue weighted by Crippen LogP contribution is -2.43. The number of nitrogens with one attached hydrogen (secondary N) is 3. The van der Waals surface area contributed by atoms with Crippen LogP contribution in [0.3, 0.4) is 0 Å². The van der Waals surface area contributed by atoms with Crippen molar-refractivity contribution in [3.05, 3.63) is 95.6 Å². The van der Waals surface area contributed by atoms with Gasteiger partial charge in [0.2, 0.25) is 0 Å². The van der Waals surface area contributed by atoms with Gasteiger partial charge in [0.05, 0.1) is 0 Å². The molecule has 0 atom stereocenters. The number of anilines is 1. The summed E-state index contributed by atoms with van der Waals surface area (Å²) in [6, 6.07) is 22.7. The molecule has 0 heterocycles. The van der Waals surface area contributed by atoms with Crippen LogP contribution in [-0.2, 0) is 10.2 Å². The minimum atomic E-state index is -0.492. The smallest absolute Gasteiger partial charge is 0.276 e. The molecule has 0 aromatic heterocycles. The van der Waals surface area contributed by atoms with E-state index in [-0.39, 0.29) is 17.9 Å². The van der Waals surface area contributed by atoms with E-state index in [2.05, 4.69) is 36.9 Å². The molecule has 0 saturated heterocycles. The molecule has 3 rings (SSSR count). The molecule has 7 heteroatoms. The molecular weight excluding hydrogens is 418 g/mol. The van der Waals surface area contributed by atoms with Crippen LogP contribution in [0, 0.1) is 0 Å². The maximum absolute atomic E-state index is 12.5. The van der Waals surface area contributed by atoms with Gasteiger partial charge in [0.1, 0.15) is 5.75 Å². The van der Waals surface area contributed by atoms with Gasteiger partial charge in [-0.1, -0.05) is 51.1 Å². The van der Waals surface area contributed by atoms with Gasteiger partial charge in [-0.3, -0.25) is 25.2 Å². The summed E-state index contributed by atoms with van der Waals surface area (Å²) in [6.07, 6.45) is 0. The standard InChI is InChI=1S/C26H27N3O4/c1-26(2,3)20-13-9-18(10-14-20)24(31)27-21-15-11-19(12-16-21)25(32)29-28-23(30)17-33-22-7-5-4-6-8-22/h4-16H,17H2,1-3H3,(H,27,31)(H,28,30)(H,29,32). The molecule has 0 aliphatic rings. The number of rotatable bonds is 6. The largest absolute Gasteiger partial charge is 0.484 e. The van der Waals surface area contributed by atoms with Crippen LogP contribution >= 0.6 is 0 Å². The molecule has 0 fully saturated rings. The van der Waals surface area contributed by atoms with Gasteiger partial charge in [-0.25, -0.2) is 0 Å². The molecule has 0 unspecified atom stereocenters. The van der Waals surface area contributed by atoms with Crippen LogP contribution in [0.4, 0.5) is 5.69 Å². The summed E-state index contributed by atoms with van der Waals surface area (Å²) in [5.41, 5.74) is 7.22. The Balaban J connectivity index is 1.48. The van der Waals surface area contributed by atoms with Crippen molar-refractivity contribution < 1.29 is 19.1 Å². The third kappa shape index (κ3) is 6.93. The van der Waals surface area contributed by atoms with E-state index in [0.717, 1.165) is 5.56 Å². The molecule has 0 saturated carbocycles. The second kappa shape index (κ2) is 10.5. The molecule has 0 aliphatic heterocycles. The van der Waals surface area contributed by atoms with Crippen molar-refractivity contribution in [1.82, 2.24) is 10.9 Å². The molecular formula is C26H27N3O4. The topological polar surface area (TPSA) is 96.5 Å². The average Bonchev–Trinajstić information content (AvgIpc) is 2.82. The molecule has 170 valence electrons. The number of hydrazine groups is 1. The Hall–Kier alpha value is -4.13. The van der Waals surface area contributed by atoms with Gasteiger partial charge in [0.15, 0.2) is 6.61 Å². The van der Waals surface area contributed by atoms with Gasteiger partial charge in [0.25, 0.3) is 17.7 Å². The van der Waals surface area contributed by atoms with Crippen molar-refractivity contribution in [1.29, 1.82) is 0 Å². The summed E-state index contributed by atoms with van der Waals surface area (Å²) in [5.74, 6) is -0.660. The maximum atomic E-state index is 12.5. The Morgan fingerprint density at radius 2 is 1.30 bits per heavy atom. The van der Waals surface area contributed by atoms with Crippen LogP contribution in [-0.4, -0.2) is 24.3 Å². The fraction of sp³-hybridized carbons (Fsp3) is 0.192. The monoisotopic (exact) mass is 445 g/mol. The molecule has 0 spiro atoms. The molecule has 7 nitrogen and oxygen atoms in total. The molecule has 0 bridgehead atoms. The maximum Gasteiger partial charge on any atom is 0.276 e. The van der Waals surface area contributed by atoms with E-state index >= 15 is 0 Å². The number of hydrogen-bond donors (Lipinski definition) is 3. The summed E-state index contributed by atoms with van der Waals surface area (Å²) >= 11 is 0. The van der Waals surface area contributed by atoms with E-state index in [4.69, 9.17) is 4.74 Å². The van der Waals surface area contributed by atoms with E-state index < -0.39 is 11.8 Å². The van der Waals surface area contributed by atoms with E-state index in [1.165, 1.54) is 0 Å². The Bertz CT molecular complexity index is 1100. The van der Waals surface area contributed by atoms with Crippen LogP contribution in [0.5, 0.6) is 5.75 Å². The van der Waals surface area contributed by atoms with Crippen molar-refractivity contribution in [3.8, 4) is 5.75 Å². The van der Waals surface area contributed by atoms with Crippen LogP contribution in [0.1, 0.15) is 47.1 Å². The molecule has 3 N–H and O–H groups in total. The van der Waals surface area contributed by atoms with Gasteiger partial charge in [-0.15, -0.1) is 0 Å². The Morgan fingerprint density at radius 3 is 1.91 bits per heavy atom. The predicted octanol–water partition coefficient (Wildman–Crippen LogP) is 4.08. The summed E-state index contributed by atoms with van der Waals surface area (Å²) in [7, 11) is 0. The van der Waals surface area contributed by atoms with Crippen molar-refractivity contribution >= 4 is 23.4 Å². The normalized spacial score (nSPS) is 10.8. The Morgan fingerprint density at radius 1 is 0.727 bits per heavy atom. The van der Waals surface area contributed by atoms with E-state index in [1.807, 2.05) is 18.2 Å². The number of ether oxygens (including phenoxy) is 1. The third-order valence-corrected chi connectivity index (χ3v) is 4.85. The molecule has 3 aromatic carbocycles. The zero-order chi connectivity index (χ0) is 23.8. The number of benzene rings is 3. The van der Waals surface area contributed by atoms with E-state index in [1.54, 1.807) is 60.7 Å². The highest BCUT2D eigenvalue weighted by Crippen LogP contribution is 2.22.